The molecule has 0 aromatic heterocycles. The van der Waals surface area contributed by atoms with Crippen molar-refractivity contribution in [2.45, 2.75) is 19.6 Å². The van der Waals surface area contributed by atoms with E-state index in [1.807, 2.05) is 19.1 Å². The van der Waals surface area contributed by atoms with Crippen LogP contribution in [-0.2, 0) is 11.3 Å². The maximum atomic E-state index is 5.69. The van der Waals surface area contributed by atoms with Crippen LogP contribution in [0.4, 0.5) is 0 Å². The van der Waals surface area contributed by atoms with E-state index in [2.05, 4.69) is 0 Å². The minimum atomic E-state index is -0.00593. The van der Waals surface area contributed by atoms with Crippen LogP contribution < -0.4 is 19.9 Å². The monoisotopic (exact) mass is 255 g/mol. The van der Waals surface area contributed by atoms with Crippen LogP contribution in [0.15, 0.2) is 12.1 Å². The van der Waals surface area contributed by atoms with Gasteiger partial charge in [-0.05, 0) is 24.6 Å². The molecule has 18 heavy (non-hydrogen) atoms. The number of hydrogen-bond donors (Lipinski definition) is 1. The van der Waals surface area contributed by atoms with Crippen LogP contribution in [0.2, 0.25) is 0 Å². The zero-order chi connectivity index (χ0) is 13.5. The summed E-state index contributed by atoms with van der Waals surface area (Å²) in [7, 11) is 4.81. The maximum Gasteiger partial charge on any atom is 0.203 e. The molecule has 0 aliphatic carbocycles. The molecule has 0 amide bonds. The lowest BCUT2D eigenvalue weighted by atomic mass is 10.2. The molecule has 0 fully saturated rings. The van der Waals surface area contributed by atoms with Gasteiger partial charge in [0.2, 0.25) is 5.75 Å². The Bertz CT molecular complexity index is 356. The summed E-state index contributed by atoms with van der Waals surface area (Å²) in [6, 6.07) is 3.69. The highest BCUT2D eigenvalue weighted by Crippen LogP contribution is 2.38. The van der Waals surface area contributed by atoms with Crippen molar-refractivity contribution in [2.75, 3.05) is 27.9 Å². The van der Waals surface area contributed by atoms with E-state index in [0.29, 0.717) is 30.4 Å². The Hall–Kier alpha value is -1.46. The Balaban J connectivity index is 2.99. The Kier molecular flexibility index (Phi) is 5.74. The summed E-state index contributed by atoms with van der Waals surface area (Å²) in [5.41, 5.74) is 6.55. The molecule has 1 rings (SSSR count). The minimum Gasteiger partial charge on any atom is -0.493 e. The van der Waals surface area contributed by atoms with Gasteiger partial charge in [-0.3, -0.25) is 0 Å². The molecule has 102 valence electrons. The van der Waals surface area contributed by atoms with Gasteiger partial charge in [0.15, 0.2) is 11.5 Å². The number of ether oxygens (including phenoxy) is 4. The smallest absolute Gasteiger partial charge is 0.203 e. The van der Waals surface area contributed by atoms with Gasteiger partial charge in [-0.1, -0.05) is 0 Å². The second-order valence-corrected chi connectivity index (χ2v) is 3.89. The lowest BCUT2D eigenvalue weighted by molar-refractivity contribution is 0.0694. The summed E-state index contributed by atoms with van der Waals surface area (Å²) in [4.78, 5) is 0. The molecule has 0 aliphatic heterocycles. The van der Waals surface area contributed by atoms with Crippen LogP contribution in [-0.4, -0.2) is 34.0 Å². The third-order valence-electron chi connectivity index (χ3n) is 2.62. The van der Waals surface area contributed by atoms with Crippen molar-refractivity contribution in [1.82, 2.24) is 0 Å². The number of nitrogens with two attached hydrogens (primary N) is 1. The standard InChI is InChI=1S/C13H21NO4/c1-9(15-2)8-18-13-11(16-3)5-10(7-14)6-12(13)17-4/h5-6,9H,7-8,14H2,1-4H3. The number of hydrogen-bond acceptors (Lipinski definition) is 5. The Morgan fingerprint density at radius 3 is 2.06 bits per heavy atom. The molecular formula is C13H21NO4. The summed E-state index contributed by atoms with van der Waals surface area (Å²) in [6.07, 6.45) is -0.00593. The highest BCUT2D eigenvalue weighted by Gasteiger charge is 2.14. The second-order valence-electron chi connectivity index (χ2n) is 3.89. The largest absolute Gasteiger partial charge is 0.493 e. The highest BCUT2D eigenvalue weighted by atomic mass is 16.6. The van der Waals surface area contributed by atoms with Crippen LogP contribution in [0.5, 0.6) is 17.2 Å². The molecule has 1 aromatic rings. The Morgan fingerprint density at radius 2 is 1.67 bits per heavy atom. The SMILES string of the molecule is COc1cc(CN)cc(OC)c1OCC(C)OC. The first-order chi connectivity index (χ1) is 8.65. The van der Waals surface area contributed by atoms with E-state index in [-0.39, 0.29) is 6.10 Å². The van der Waals surface area contributed by atoms with E-state index in [1.165, 1.54) is 0 Å². The minimum absolute atomic E-state index is 0.00593. The number of methoxy groups -OCH3 is 3. The van der Waals surface area contributed by atoms with Crippen LogP contribution in [0, 0.1) is 0 Å². The Labute approximate surface area is 108 Å². The lowest BCUT2D eigenvalue weighted by Crippen LogP contribution is -2.16. The van der Waals surface area contributed by atoms with E-state index < -0.39 is 0 Å². The third kappa shape index (κ3) is 3.51. The second kappa shape index (κ2) is 7.08. The van der Waals surface area contributed by atoms with Gasteiger partial charge in [-0.2, -0.15) is 0 Å². The highest BCUT2D eigenvalue weighted by molar-refractivity contribution is 5.53. The number of benzene rings is 1. The summed E-state index contributed by atoms with van der Waals surface area (Å²) >= 11 is 0. The molecule has 0 aliphatic rings. The molecule has 1 aromatic carbocycles. The first-order valence-corrected chi connectivity index (χ1v) is 5.76. The molecule has 1 unspecified atom stereocenters. The molecule has 5 nitrogen and oxygen atoms in total. The van der Waals surface area contributed by atoms with Gasteiger partial charge < -0.3 is 24.7 Å². The van der Waals surface area contributed by atoms with Gasteiger partial charge in [0.05, 0.1) is 20.3 Å². The van der Waals surface area contributed by atoms with Gasteiger partial charge in [0.1, 0.15) is 6.61 Å². The normalized spacial score (nSPS) is 12.1. The third-order valence-corrected chi connectivity index (χ3v) is 2.62. The molecule has 0 saturated carbocycles. The van der Waals surface area contributed by atoms with E-state index in [0.717, 1.165) is 5.56 Å². The molecule has 5 heteroatoms. The molecule has 0 heterocycles. The van der Waals surface area contributed by atoms with E-state index >= 15 is 0 Å². The van der Waals surface area contributed by atoms with Crippen molar-refractivity contribution in [3.8, 4) is 17.2 Å². The van der Waals surface area contributed by atoms with Crippen molar-refractivity contribution >= 4 is 0 Å². The summed E-state index contributed by atoms with van der Waals surface area (Å²) in [5.74, 6) is 1.79. The van der Waals surface area contributed by atoms with Crippen LogP contribution in [0.1, 0.15) is 12.5 Å². The van der Waals surface area contributed by atoms with Gasteiger partial charge in [0.25, 0.3) is 0 Å². The maximum absolute atomic E-state index is 5.69. The fraction of sp³-hybridized carbons (Fsp3) is 0.538. The van der Waals surface area contributed by atoms with Crippen molar-refractivity contribution in [3.63, 3.8) is 0 Å². The lowest BCUT2D eigenvalue weighted by Gasteiger charge is -2.17. The van der Waals surface area contributed by atoms with Crippen molar-refractivity contribution in [2.24, 2.45) is 5.73 Å². The molecule has 0 spiro atoms. The van der Waals surface area contributed by atoms with Crippen molar-refractivity contribution in [3.05, 3.63) is 17.7 Å². The molecule has 2 N–H and O–H groups in total. The zero-order valence-corrected chi connectivity index (χ0v) is 11.4. The fourth-order valence-corrected chi connectivity index (χ4v) is 1.46. The summed E-state index contributed by atoms with van der Waals surface area (Å²) in [6.45, 7) is 2.76. The summed E-state index contributed by atoms with van der Waals surface area (Å²) < 4.78 is 21.4. The van der Waals surface area contributed by atoms with E-state index in [9.17, 15) is 0 Å². The number of rotatable bonds is 7. The topological polar surface area (TPSA) is 62.9 Å². The average Bonchev–Trinajstić information content (AvgIpc) is 2.43. The first kappa shape index (κ1) is 14.6. The molecule has 0 radical (unpaired) electrons. The van der Waals surface area contributed by atoms with Gasteiger partial charge in [-0.25, -0.2) is 0 Å². The van der Waals surface area contributed by atoms with Crippen LogP contribution in [0.3, 0.4) is 0 Å². The molecule has 1 atom stereocenters. The predicted molar refractivity (Wildman–Crippen MR) is 69.4 cm³/mol. The van der Waals surface area contributed by atoms with Gasteiger partial charge in [0, 0.05) is 13.7 Å². The molecule has 0 saturated heterocycles. The zero-order valence-electron chi connectivity index (χ0n) is 11.4. The van der Waals surface area contributed by atoms with E-state index in [1.54, 1.807) is 21.3 Å². The van der Waals surface area contributed by atoms with Crippen LogP contribution in [0.25, 0.3) is 0 Å². The molecule has 0 bridgehead atoms. The average molecular weight is 255 g/mol. The van der Waals surface area contributed by atoms with Crippen molar-refractivity contribution in [1.29, 1.82) is 0 Å². The Morgan fingerprint density at radius 1 is 1.11 bits per heavy atom. The first-order valence-electron chi connectivity index (χ1n) is 5.76. The quantitative estimate of drug-likeness (QED) is 0.801. The molecular weight excluding hydrogens is 234 g/mol. The summed E-state index contributed by atoms with van der Waals surface area (Å²) in [5, 5.41) is 0. The van der Waals surface area contributed by atoms with Gasteiger partial charge >= 0.3 is 0 Å². The van der Waals surface area contributed by atoms with Gasteiger partial charge in [-0.15, -0.1) is 0 Å². The predicted octanol–water partition coefficient (Wildman–Crippen LogP) is 1.58. The van der Waals surface area contributed by atoms with E-state index in [4.69, 9.17) is 24.7 Å². The van der Waals surface area contributed by atoms with Crippen LogP contribution >= 0.6 is 0 Å². The van der Waals surface area contributed by atoms with Crippen molar-refractivity contribution < 1.29 is 18.9 Å². The fourth-order valence-electron chi connectivity index (χ4n) is 1.46.